The molecule has 0 amide bonds. The van der Waals surface area contributed by atoms with Crippen LogP contribution in [0.5, 0.6) is 0 Å². The Morgan fingerprint density at radius 2 is 2.10 bits per heavy atom. The van der Waals surface area contributed by atoms with Crippen LogP contribution >= 0.6 is 15.9 Å². The van der Waals surface area contributed by atoms with E-state index in [2.05, 4.69) is 34.7 Å². The molecule has 0 bridgehead atoms. The molecule has 1 unspecified atom stereocenters. The highest BCUT2D eigenvalue weighted by Gasteiger charge is 2.23. The summed E-state index contributed by atoms with van der Waals surface area (Å²) >= 11 is 3.46. The fraction of sp³-hybridized carbons (Fsp3) is 0.647. The van der Waals surface area contributed by atoms with Crippen molar-refractivity contribution in [3.8, 4) is 0 Å². The lowest BCUT2D eigenvalue weighted by Crippen LogP contribution is -2.27. The number of halogens is 1. The van der Waals surface area contributed by atoms with Crippen molar-refractivity contribution in [2.75, 3.05) is 19.6 Å². The maximum Gasteiger partial charge on any atom is 0.0802 e. The first-order valence-electron chi connectivity index (χ1n) is 7.62. The second-order valence-electron chi connectivity index (χ2n) is 6.72. The number of rotatable bonds is 4. The molecule has 0 spiro atoms. The van der Waals surface area contributed by atoms with Gasteiger partial charge in [-0.2, -0.15) is 0 Å². The molecule has 1 aromatic carbocycles. The molecule has 0 aliphatic carbocycles. The summed E-state index contributed by atoms with van der Waals surface area (Å²) < 4.78 is 1.03. The highest BCUT2D eigenvalue weighted by atomic mass is 79.9. The van der Waals surface area contributed by atoms with Crippen LogP contribution in [0.1, 0.15) is 51.2 Å². The average molecular weight is 340 g/mol. The van der Waals surface area contributed by atoms with E-state index in [-0.39, 0.29) is 6.10 Å². The molecule has 3 heteroatoms. The Balaban J connectivity index is 1.83. The van der Waals surface area contributed by atoms with E-state index in [1.165, 1.54) is 25.8 Å². The zero-order valence-electron chi connectivity index (χ0n) is 12.6. The van der Waals surface area contributed by atoms with Gasteiger partial charge in [-0.15, -0.1) is 0 Å². The summed E-state index contributed by atoms with van der Waals surface area (Å²) in [6, 6.07) is 7.99. The lowest BCUT2D eigenvalue weighted by atomic mass is 9.85. The maximum atomic E-state index is 10.3. The molecule has 0 radical (unpaired) electrons. The van der Waals surface area contributed by atoms with Gasteiger partial charge in [0.05, 0.1) is 6.10 Å². The van der Waals surface area contributed by atoms with Crippen molar-refractivity contribution in [1.29, 1.82) is 0 Å². The first-order valence-corrected chi connectivity index (χ1v) is 8.41. The van der Waals surface area contributed by atoms with Gasteiger partial charge < -0.3 is 10.0 Å². The second-order valence-corrected chi connectivity index (χ2v) is 7.63. The van der Waals surface area contributed by atoms with Gasteiger partial charge in [0, 0.05) is 11.0 Å². The molecule has 2 rings (SSSR count). The summed E-state index contributed by atoms with van der Waals surface area (Å²) in [6.07, 6.45) is 4.32. The predicted octanol–water partition coefficient (Wildman–Crippen LogP) is 4.38. The number of likely N-dealkylation sites (tertiary alicyclic amines) is 1. The van der Waals surface area contributed by atoms with E-state index in [9.17, 15) is 5.11 Å². The van der Waals surface area contributed by atoms with E-state index in [0.717, 1.165) is 29.5 Å². The van der Waals surface area contributed by atoms with Gasteiger partial charge in [0.1, 0.15) is 0 Å². The van der Waals surface area contributed by atoms with Gasteiger partial charge >= 0.3 is 0 Å². The predicted molar refractivity (Wildman–Crippen MR) is 87.8 cm³/mol. The van der Waals surface area contributed by atoms with E-state index in [1.807, 2.05) is 24.3 Å². The molecule has 1 atom stereocenters. The Kier molecular flexibility index (Phi) is 5.65. The molecular weight excluding hydrogens is 314 g/mol. The van der Waals surface area contributed by atoms with Crippen molar-refractivity contribution in [1.82, 2.24) is 4.90 Å². The van der Waals surface area contributed by atoms with Crippen LogP contribution in [0.4, 0.5) is 0 Å². The zero-order valence-corrected chi connectivity index (χ0v) is 14.2. The first kappa shape index (κ1) is 16.0. The maximum absolute atomic E-state index is 10.3. The fourth-order valence-corrected chi connectivity index (χ4v) is 3.30. The standard InChI is InChI=1S/C17H26BrNO/c1-17(2)8-4-10-19(12-9-17)11-7-16(20)14-5-3-6-15(18)13-14/h3,5-6,13,16,20H,4,7-12H2,1-2H3. The van der Waals surface area contributed by atoms with Crippen LogP contribution in [-0.2, 0) is 0 Å². The Morgan fingerprint density at radius 1 is 1.30 bits per heavy atom. The van der Waals surface area contributed by atoms with Gasteiger partial charge in [-0.1, -0.05) is 41.9 Å². The van der Waals surface area contributed by atoms with Gasteiger partial charge in [-0.05, 0) is 61.9 Å². The molecule has 1 N–H and O–H groups in total. The quantitative estimate of drug-likeness (QED) is 0.879. The Morgan fingerprint density at radius 3 is 2.85 bits per heavy atom. The molecule has 1 heterocycles. The van der Waals surface area contributed by atoms with E-state index in [4.69, 9.17) is 0 Å². The van der Waals surface area contributed by atoms with Crippen molar-refractivity contribution in [3.63, 3.8) is 0 Å². The van der Waals surface area contributed by atoms with Crippen LogP contribution in [0, 0.1) is 5.41 Å². The highest BCUT2D eigenvalue weighted by molar-refractivity contribution is 9.10. The minimum atomic E-state index is -0.358. The Labute approximate surface area is 131 Å². The minimum Gasteiger partial charge on any atom is -0.388 e. The number of aliphatic hydroxyl groups excluding tert-OH is 1. The molecule has 1 aliphatic rings. The number of nitrogens with zero attached hydrogens (tertiary/aromatic N) is 1. The number of aliphatic hydroxyl groups is 1. The van der Waals surface area contributed by atoms with Crippen molar-refractivity contribution >= 4 is 15.9 Å². The van der Waals surface area contributed by atoms with Crippen molar-refractivity contribution in [3.05, 3.63) is 34.3 Å². The molecule has 1 aromatic rings. The molecule has 0 aromatic heterocycles. The van der Waals surface area contributed by atoms with Crippen molar-refractivity contribution in [2.24, 2.45) is 5.41 Å². The molecular formula is C17H26BrNO. The van der Waals surface area contributed by atoms with Gasteiger partial charge in [0.25, 0.3) is 0 Å². The van der Waals surface area contributed by atoms with E-state index >= 15 is 0 Å². The molecule has 1 aliphatic heterocycles. The molecule has 20 heavy (non-hydrogen) atoms. The monoisotopic (exact) mass is 339 g/mol. The van der Waals surface area contributed by atoms with Crippen LogP contribution < -0.4 is 0 Å². The topological polar surface area (TPSA) is 23.5 Å². The molecule has 2 nitrogen and oxygen atoms in total. The second kappa shape index (κ2) is 7.06. The summed E-state index contributed by atoms with van der Waals surface area (Å²) in [5.74, 6) is 0. The number of hydrogen-bond acceptors (Lipinski definition) is 2. The Hall–Kier alpha value is -0.380. The average Bonchev–Trinajstić information content (AvgIpc) is 2.57. The highest BCUT2D eigenvalue weighted by Crippen LogP contribution is 2.30. The van der Waals surface area contributed by atoms with E-state index < -0.39 is 0 Å². The zero-order chi connectivity index (χ0) is 14.6. The summed E-state index contributed by atoms with van der Waals surface area (Å²) in [4.78, 5) is 2.51. The van der Waals surface area contributed by atoms with Crippen molar-refractivity contribution < 1.29 is 5.11 Å². The Bertz CT molecular complexity index is 433. The minimum absolute atomic E-state index is 0.358. The van der Waals surface area contributed by atoms with Gasteiger partial charge in [0.15, 0.2) is 0 Å². The molecule has 112 valence electrons. The normalized spacial score (nSPS) is 21.4. The third-order valence-electron chi connectivity index (χ3n) is 4.38. The molecule has 0 saturated carbocycles. The molecule has 1 saturated heterocycles. The largest absolute Gasteiger partial charge is 0.388 e. The number of benzene rings is 1. The van der Waals surface area contributed by atoms with E-state index in [0.29, 0.717) is 5.41 Å². The lowest BCUT2D eigenvalue weighted by Gasteiger charge is -2.24. The smallest absolute Gasteiger partial charge is 0.0802 e. The van der Waals surface area contributed by atoms with Crippen LogP contribution in [0.25, 0.3) is 0 Å². The summed E-state index contributed by atoms with van der Waals surface area (Å²) in [7, 11) is 0. The van der Waals surface area contributed by atoms with Gasteiger partial charge in [-0.3, -0.25) is 0 Å². The third-order valence-corrected chi connectivity index (χ3v) is 4.88. The number of hydrogen-bond donors (Lipinski definition) is 1. The summed E-state index contributed by atoms with van der Waals surface area (Å²) in [5.41, 5.74) is 1.49. The van der Waals surface area contributed by atoms with Crippen LogP contribution in [0.15, 0.2) is 28.7 Å². The molecule has 1 fully saturated rings. The van der Waals surface area contributed by atoms with Crippen LogP contribution in [0.3, 0.4) is 0 Å². The van der Waals surface area contributed by atoms with Gasteiger partial charge in [0.2, 0.25) is 0 Å². The van der Waals surface area contributed by atoms with E-state index in [1.54, 1.807) is 0 Å². The van der Waals surface area contributed by atoms with Crippen LogP contribution in [-0.4, -0.2) is 29.6 Å². The van der Waals surface area contributed by atoms with Crippen LogP contribution in [0.2, 0.25) is 0 Å². The lowest BCUT2D eigenvalue weighted by molar-refractivity contribution is 0.141. The summed E-state index contributed by atoms with van der Waals surface area (Å²) in [6.45, 7) is 8.07. The first-order chi connectivity index (χ1) is 9.46. The fourth-order valence-electron chi connectivity index (χ4n) is 2.89. The third kappa shape index (κ3) is 4.87. The van der Waals surface area contributed by atoms with Gasteiger partial charge in [-0.25, -0.2) is 0 Å². The van der Waals surface area contributed by atoms with Crippen molar-refractivity contribution in [2.45, 2.75) is 45.6 Å². The SMILES string of the molecule is CC1(C)CCCN(CCC(O)c2cccc(Br)c2)CC1. The summed E-state index contributed by atoms with van der Waals surface area (Å²) in [5, 5.41) is 10.3.